The van der Waals surface area contributed by atoms with Crippen molar-refractivity contribution in [3.05, 3.63) is 29.6 Å². The van der Waals surface area contributed by atoms with Crippen molar-refractivity contribution in [3.63, 3.8) is 0 Å². The van der Waals surface area contributed by atoms with Gasteiger partial charge in [0.2, 0.25) is 0 Å². The van der Waals surface area contributed by atoms with Gasteiger partial charge in [0.15, 0.2) is 11.6 Å². The van der Waals surface area contributed by atoms with Crippen molar-refractivity contribution in [2.24, 2.45) is 5.73 Å². The van der Waals surface area contributed by atoms with Crippen LogP contribution in [0, 0.1) is 5.82 Å². The van der Waals surface area contributed by atoms with Gasteiger partial charge < -0.3 is 10.5 Å². The molecule has 0 saturated heterocycles. The highest BCUT2D eigenvalue weighted by molar-refractivity contribution is 5.35. The van der Waals surface area contributed by atoms with Gasteiger partial charge in [0, 0.05) is 0 Å². The first kappa shape index (κ1) is 11.8. The van der Waals surface area contributed by atoms with E-state index in [1.807, 2.05) is 0 Å². The molecule has 0 aliphatic heterocycles. The molecular weight excluding hydrogens is 207 g/mol. The molecule has 0 heterocycles. The van der Waals surface area contributed by atoms with E-state index in [4.69, 9.17) is 10.5 Å². The Balaban J connectivity index is 2.81. The summed E-state index contributed by atoms with van der Waals surface area (Å²) in [6.07, 6.45) is -2.22. The number of ether oxygens (including phenoxy) is 1. The van der Waals surface area contributed by atoms with Gasteiger partial charge in [-0.2, -0.15) is 0 Å². The van der Waals surface area contributed by atoms with E-state index < -0.39 is 18.8 Å². The molecule has 5 heteroatoms. The Hall–Kier alpha value is -1.23. The molecule has 0 saturated carbocycles. The predicted octanol–water partition coefficient (Wildman–Crippen LogP) is 1.97. The first-order chi connectivity index (χ1) is 7.15. The number of hydrogen-bond donors (Lipinski definition) is 1. The maximum absolute atomic E-state index is 13.2. The van der Waals surface area contributed by atoms with E-state index in [9.17, 15) is 13.2 Å². The summed E-state index contributed by atoms with van der Waals surface area (Å²) in [5, 5.41) is 0. The van der Waals surface area contributed by atoms with Crippen LogP contribution in [0.1, 0.15) is 5.56 Å². The number of alkyl halides is 2. The molecule has 0 spiro atoms. The smallest absolute Gasteiger partial charge is 0.272 e. The van der Waals surface area contributed by atoms with Gasteiger partial charge in [-0.1, -0.05) is 12.1 Å². The highest BCUT2D eigenvalue weighted by Gasteiger charge is 2.11. The summed E-state index contributed by atoms with van der Waals surface area (Å²) in [5.74, 6) is -0.759. The zero-order chi connectivity index (χ0) is 11.3. The number of para-hydroxylation sites is 1. The molecule has 1 aromatic rings. The number of halogens is 3. The molecule has 1 rings (SSSR count). The third kappa shape index (κ3) is 3.43. The van der Waals surface area contributed by atoms with Crippen molar-refractivity contribution in [3.8, 4) is 5.75 Å². The summed E-state index contributed by atoms with van der Waals surface area (Å²) in [6, 6.07) is 4.27. The SMILES string of the molecule is NCCc1cccc(F)c1OCC(F)F. The van der Waals surface area contributed by atoms with Crippen molar-refractivity contribution in [2.45, 2.75) is 12.8 Å². The van der Waals surface area contributed by atoms with Crippen molar-refractivity contribution in [1.29, 1.82) is 0 Å². The van der Waals surface area contributed by atoms with Gasteiger partial charge in [0.25, 0.3) is 6.43 Å². The minimum Gasteiger partial charge on any atom is -0.484 e. The van der Waals surface area contributed by atoms with Crippen LogP contribution in [0.3, 0.4) is 0 Å². The first-order valence-corrected chi connectivity index (χ1v) is 4.53. The Bertz CT molecular complexity index is 318. The third-order valence-electron chi connectivity index (χ3n) is 1.82. The summed E-state index contributed by atoms with van der Waals surface area (Å²) in [7, 11) is 0. The van der Waals surface area contributed by atoms with Gasteiger partial charge in [0.1, 0.15) is 6.61 Å². The van der Waals surface area contributed by atoms with Crippen LogP contribution in [0.25, 0.3) is 0 Å². The second-order valence-corrected chi connectivity index (χ2v) is 2.97. The Morgan fingerprint density at radius 3 is 2.67 bits per heavy atom. The van der Waals surface area contributed by atoms with Gasteiger partial charge in [-0.3, -0.25) is 0 Å². The molecule has 0 bridgehead atoms. The van der Waals surface area contributed by atoms with E-state index in [1.54, 1.807) is 6.07 Å². The highest BCUT2D eigenvalue weighted by Crippen LogP contribution is 2.23. The predicted molar refractivity (Wildman–Crippen MR) is 50.7 cm³/mol. The van der Waals surface area contributed by atoms with Crippen LogP contribution in [-0.2, 0) is 6.42 Å². The molecule has 0 unspecified atom stereocenters. The number of benzene rings is 1. The molecule has 2 N–H and O–H groups in total. The molecule has 0 fully saturated rings. The quantitative estimate of drug-likeness (QED) is 0.821. The van der Waals surface area contributed by atoms with E-state index in [1.165, 1.54) is 12.1 Å². The largest absolute Gasteiger partial charge is 0.484 e. The van der Waals surface area contributed by atoms with Crippen LogP contribution in [0.2, 0.25) is 0 Å². The molecule has 15 heavy (non-hydrogen) atoms. The topological polar surface area (TPSA) is 35.2 Å². The molecule has 0 amide bonds. The van der Waals surface area contributed by atoms with E-state index in [-0.39, 0.29) is 5.75 Å². The first-order valence-electron chi connectivity index (χ1n) is 4.53. The van der Waals surface area contributed by atoms with Crippen molar-refractivity contribution in [2.75, 3.05) is 13.2 Å². The Morgan fingerprint density at radius 1 is 1.33 bits per heavy atom. The average Bonchev–Trinajstić information content (AvgIpc) is 2.17. The molecule has 0 aliphatic carbocycles. The average molecular weight is 219 g/mol. The van der Waals surface area contributed by atoms with Crippen molar-refractivity contribution in [1.82, 2.24) is 0 Å². The van der Waals surface area contributed by atoms with Crippen LogP contribution >= 0.6 is 0 Å². The Labute approximate surface area is 85.8 Å². The lowest BCUT2D eigenvalue weighted by molar-refractivity contribution is 0.0794. The summed E-state index contributed by atoms with van der Waals surface area (Å²) in [5.41, 5.74) is 5.82. The van der Waals surface area contributed by atoms with E-state index in [2.05, 4.69) is 0 Å². The lowest BCUT2D eigenvalue weighted by atomic mass is 10.1. The van der Waals surface area contributed by atoms with Gasteiger partial charge >= 0.3 is 0 Å². The van der Waals surface area contributed by atoms with E-state index in [0.29, 0.717) is 18.5 Å². The molecule has 2 nitrogen and oxygen atoms in total. The normalized spacial score (nSPS) is 10.7. The zero-order valence-corrected chi connectivity index (χ0v) is 8.05. The fraction of sp³-hybridized carbons (Fsp3) is 0.400. The Kier molecular flexibility index (Phi) is 4.42. The van der Waals surface area contributed by atoms with Crippen molar-refractivity contribution >= 4 is 0 Å². The number of nitrogens with two attached hydrogens (primary N) is 1. The van der Waals surface area contributed by atoms with Crippen LogP contribution in [-0.4, -0.2) is 19.6 Å². The molecule has 0 atom stereocenters. The standard InChI is InChI=1S/C10H12F3NO/c11-8-3-1-2-7(4-5-14)10(8)15-6-9(12)13/h1-3,9H,4-6,14H2. The summed E-state index contributed by atoms with van der Waals surface area (Å²) >= 11 is 0. The third-order valence-corrected chi connectivity index (χ3v) is 1.82. The van der Waals surface area contributed by atoms with Gasteiger partial charge in [0.05, 0.1) is 0 Å². The maximum atomic E-state index is 13.2. The van der Waals surface area contributed by atoms with Crippen molar-refractivity contribution < 1.29 is 17.9 Å². The van der Waals surface area contributed by atoms with Gasteiger partial charge in [-0.25, -0.2) is 13.2 Å². The minimum atomic E-state index is -2.62. The molecule has 0 aromatic heterocycles. The lowest BCUT2D eigenvalue weighted by Gasteiger charge is -2.11. The molecule has 0 aliphatic rings. The monoisotopic (exact) mass is 219 g/mol. The summed E-state index contributed by atoms with van der Waals surface area (Å²) < 4.78 is 41.7. The summed E-state index contributed by atoms with van der Waals surface area (Å²) in [6.45, 7) is -0.493. The van der Waals surface area contributed by atoms with E-state index >= 15 is 0 Å². The number of hydrogen-bond acceptors (Lipinski definition) is 2. The Morgan fingerprint density at radius 2 is 2.07 bits per heavy atom. The summed E-state index contributed by atoms with van der Waals surface area (Å²) in [4.78, 5) is 0. The van der Waals surface area contributed by atoms with Gasteiger partial charge in [-0.15, -0.1) is 0 Å². The fourth-order valence-electron chi connectivity index (χ4n) is 1.21. The zero-order valence-electron chi connectivity index (χ0n) is 8.05. The minimum absolute atomic E-state index is 0.122. The number of rotatable bonds is 5. The highest BCUT2D eigenvalue weighted by atomic mass is 19.3. The molecule has 84 valence electrons. The van der Waals surface area contributed by atoms with E-state index in [0.717, 1.165) is 0 Å². The molecule has 0 radical (unpaired) electrons. The lowest BCUT2D eigenvalue weighted by Crippen LogP contribution is -2.11. The fourth-order valence-corrected chi connectivity index (χ4v) is 1.21. The molecular formula is C10H12F3NO. The van der Waals surface area contributed by atoms with Gasteiger partial charge in [-0.05, 0) is 24.6 Å². The molecule has 1 aromatic carbocycles. The van der Waals surface area contributed by atoms with Crippen LogP contribution in [0.15, 0.2) is 18.2 Å². The second-order valence-electron chi connectivity index (χ2n) is 2.97. The van der Waals surface area contributed by atoms with Crippen LogP contribution in [0.5, 0.6) is 5.75 Å². The van der Waals surface area contributed by atoms with Crippen LogP contribution < -0.4 is 10.5 Å². The second kappa shape index (κ2) is 5.60. The maximum Gasteiger partial charge on any atom is 0.272 e. The van der Waals surface area contributed by atoms with Crippen LogP contribution in [0.4, 0.5) is 13.2 Å².